The van der Waals surface area contributed by atoms with Crippen molar-refractivity contribution < 1.29 is 4.74 Å². The SMILES string of the molecule is CCN(CCCC(C)C)CC(CNCc1ccc(N2CCN(C)CC2)cc1)OC. The molecule has 1 aliphatic heterocycles. The molecule has 1 saturated heterocycles. The fourth-order valence-electron chi connectivity index (χ4n) is 3.88. The van der Waals surface area contributed by atoms with Gasteiger partial charge in [0.05, 0.1) is 6.10 Å². The van der Waals surface area contributed by atoms with E-state index in [-0.39, 0.29) is 6.10 Å². The number of methoxy groups -OCH3 is 1. The number of benzene rings is 1. The molecule has 1 fully saturated rings. The second-order valence-corrected chi connectivity index (χ2v) is 8.87. The van der Waals surface area contributed by atoms with Gasteiger partial charge in [0, 0.05) is 58.6 Å². The molecule has 1 aromatic carbocycles. The maximum atomic E-state index is 5.74. The number of hydrogen-bond acceptors (Lipinski definition) is 5. The van der Waals surface area contributed by atoms with E-state index >= 15 is 0 Å². The minimum Gasteiger partial charge on any atom is -0.379 e. The number of piperazine rings is 1. The summed E-state index contributed by atoms with van der Waals surface area (Å²) >= 11 is 0. The van der Waals surface area contributed by atoms with Gasteiger partial charge in [-0.3, -0.25) is 0 Å². The Hall–Kier alpha value is -1.14. The highest BCUT2D eigenvalue weighted by Crippen LogP contribution is 2.17. The van der Waals surface area contributed by atoms with Gasteiger partial charge >= 0.3 is 0 Å². The van der Waals surface area contributed by atoms with Crippen LogP contribution in [0.2, 0.25) is 0 Å². The van der Waals surface area contributed by atoms with Crippen LogP contribution < -0.4 is 10.2 Å². The van der Waals surface area contributed by atoms with Gasteiger partial charge in [0.2, 0.25) is 0 Å². The molecule has 0 bridgehead atoms. The molecule has 2 rings (SSSR count). The Morgan fingerprint density at radius 2 is 1.79 bits per heavy atom. The molecule has 1 aliphatic rings. The van der Waals surface area contributed by atoms with E-state index in [2.05, 4.69) is 72.1 Å². The van der Waals surface area contributed by atoms with Crippen molar-refractivity contribution in [2.45, 2.75) is 46.3 Å². The third kappa shape index (κ3) is 9.04. The molecule has 0 spiro atoms. The summed E-state index contributed by atoms with van der Waals surface area (Å²) in [7, 11) is 4.03. The molecule has 166 valence electrons. The Bertz CT molecular complexity index is 540. The first-order valence-electron chi connectivity index (χ1n) is 11.5. The first-order valence-corrected chi connectivity index (χ1v) is 11.5. The lowest BCUT2D eigenvalue weighted by molar-refractivity contribution is 0.0643. The van der Waals surface area contributed by atoms with Gasteiger partial charge in [-0.1, -0.05) is 32.9 Å². The number of likely N-dealkylation sites (N-methyl/N-ethyl adjacent to an activating group) is 2. The maximum absolute atomic E-state index is 5.74. The molecule has 1 atom stereocenters. The average molecular weight is 405 g/mol. The van der Waals surface area contributed by atoms with Gasteiger partial charge in [-0.05, 0) is 56.6 Å². The molecule has 5 heteroatoms. The maximum Gasteiger partial charge on any atom is 0.0822 e. The van der Waals surface area contributed by atoms with Crippen LogP contribution in [0.4, 0.5) is 5.69 Å². The van der Waals surface area contributed by atoms with Crippen molar-refractivity contribution in [3.63, 3.8) is 0 Å². The highest BCUT2D eigenvalue weighted by atomic mass is 16.5. The van der Waals surface area contributed by atoms with E-state index in [1.807, 2.05) is 7.11 Å². The Kier molecular flexibility index (Phi) is 11.0. The molecule has 5 nitrogen and oxygen atoms in total. The van der Waals surface area contributed by atoms with Crippen molar-refractivity contribution in [3.8, 4) is 0 Å². The summed E-state index contributed by atoms with van der Waals surface area (Å²) in [6.45, 7) is 16.4. The minimum atomic E-state index is 0.235. The number of anilines is 1. The quantitative estimate of drug-likeness (QED) is 0.545. The van der Waals surface area contributed by atoms with Gasteiger partial charge < -0.3 is 24.8 Å². The number of nitrogens with zero attached hydrogens (tertiary/aromatic N) is 3. The van der Waals surface area contributed by atoms with E-state index in [1.165, 1.54) is 30.6 Å². The lowest BCUT2D eigenvalue weighted by atomic mass is 10.1. The third-order valence-electron chi connectivity index (χ3n) is 6.00. The van der Waals surface area contributed by atoms with E-state index in [1.54, 1.807) is 0 Å². The number of rotatable bonds is 13. The van der Waals surface area contributed by atoms with Gasteiger partial charge in [-0.2, -0.15) is 0 Å². The smallest absolute Gasteiger partial charge is 0.0822 e. The van der Waals surface area contributed by atoms with Crippen LogP contribution in [0.3, 0.4) is 0 Å². The van der Waals surface area contributed by atoms with Gasteiger partial charge in [0.1, 0.15) is 0 Å². The van der Waals surface area contributed by atoms with Gasteiger partial charge in [0.15, 0.2) is 0 Å². The zero-order chi connectivity index (χ0) is 21.1. The topological polar surface area (TPSA) is 31.0 Å². The van der Waals surface area contributed by atoms with Gasteiger partial charge in [-0.25, -0.2) is 0 Å². The molecule has 0 aromatic heterocycles. The second kappa shape index (κ2) is 13.2. The van der Waals surface area contributed by atoms with Crippen LogP contribution in [0.15, 0.2) is 24.3 Å². The zero-order valence-corrected chi connectivity index (χ0v) is 19.5. The van der Waals surface area contributed by atoms with Crippen molar-refractivity contribution in [2.24, 2.45) is 5.92 Å². The van der Waals surface area contributed by atoms with Crippen molar-refractivity contribution >= 4 is 5.69 Å². The standard InChI is InChI=1S/C24H44N4O/c1-6-27(13-7-8-21(2)3)20-24(29-5)19-25-18-22-9-11-23(12-10-22)28-16-14-26(4)15-17-28/h9-12,21,24-25H,6-8,13-20H2,1-5H3. The van der Waals surface area contributed by atoms with Crippen molar-refractivity contribution in [1.82, 2.24) is 15.1 Å². The normalized spacial score (nSPS) is 16.7. The summed E-state index contributed by atoms with van der Waals surface area (Å²) in [6, 6.07) is 9.05. The van der Waals surface area contributed by atoms with Crippen LogP contribution in [-0.2, 0) is 11.3 Å². The lowest BCUT2D eigenvalue weighted by Crippen LogP contribution is -2.44. The summed E-state index contributed by atoms with van der Waals surface area (Å²) in [5.41, 5.74) is 2.68. The number of nitrogens with one attached hydrogen (secondary N) is 1. The fourth-order valence-corrected chi connectivity index (χ4v) is 3.88. The molecule has 1 heterocycles. The Balaban J connectivity index is 1.71. The minimum absolute atomic E-state index is 0.235. The van der Waals surface area contributed by atoms with Gasteiger partial charge in [-0.15, -0.1) is 0 Å². The number of hydrogen-bond donors (Lipinski definition) is 1. The van der Waals surface area contributed by atoms with Crippen LogP contribution in [0.1, 0.15) is 39.2 Å². The van der Waals surface area contributed by atoms with Crippen molar-refractivity contribution in [2.75, 3.05) is 71.4 Å². The Morgan fingerprint density at radius 1 is 1.10 bits per heavy atom. The molecule has 0 aliphatic carbocycles. The van der Waals surface area contributed by atoms with Gasteiger partial charge in [0.25, 0.3) is 0 Å². The first kappa shape index (κ1) is 24.1. The zero-order valence-electron chi connectivity index (χ0n) is 19.5. The molecule has 0 saturated carbocycles. The fraction of sp³-hybridized carbons (Fsp3) is 0.750. The largest absolute Gasteiger partial charge is 0.379 e. The van der Waals surface area contributed by atoms with Crippen molar-refractivity contribution in [1.29, 1.82) is 0 Å². The van der Waals surface area contributed by atoms with Crippen LogP contribution in [-0.4, -0.2) is 82.4 Å². The lowest BCUT2D eigenvalue weighted by Gasteiger charge is -2.34. The van der Waals surface area contributed by atoms with Crippen LogP contribution in [0.5, 0.6) is 0 Å². The van der Waals surface area contributed by atoms with Crippen molar-refractivity contribution in [3.05, 3.63) is 29.8 Å². The predicted molar refractivity (Wildman–Crippen MR) is 125 cm³/mol. The van der Waals surface area contributed by atoms with E-state index in [0.717, 1.165) is 58.3 Å². The van der Waals surface area contributed by atoms with Crippen LogP contribution in [0, 0.1) is 5.92 Å². The summed E-state index contributed by atoms with van der Waals surface area (Å²) in [5, 5.41) is 3.59. The van der Waals surface area contributed by atoms with E-state index in [4.69, 9.17) is 4.74 Å². The summed E-state index contributed by atoms with van der Waals surface area (Å²) in [6.07, 6.45) is 2.81. The Morgan fingerprint density at radius 3 is 2.38 bits per heavy atom. The van der Waals surface area contributed by atoms with E-state index in [0.29, 0.717) is 0 Å². The molecular weight excluding hydrogens is 360 g/mol. The monoisotopic (exact) mass is 404 g/mol. The van der Waals surface area contributed by atoms with Crippen LogP contribution >= 0.6 is 0 Å². The highest BCUT2D eigenvalue weighted by Gasteiger charge is 2.15. The molecule has 29 heavy (non-hydrogen) atoms. The second-order valence-electron chi connectivity index (χ2n) is 8.87. The highest BCUT2D eigenvalue weighted by molar-refractivity contribution is 5.48. The first-order chi connectivity index (χ1) is 14.0. The van der Waals surface area contributed by atoms with E-state index in [9.17, 15) is 0 Å². The van der Waals surface area contributed by atoms with E-state index < -0.39 is 0 Å². The summed E-state index contributed by atoms with van der Waals surface area (Å²) in [5.74, 6) is 0.788. The molecule has 1 aromatic rings. The molecule has 1 unspecified atom stereocenters. The average Bonchev–Trinajstić information content (AvgIpc) is 2.72. The number of ether oxygens (including phenoxy) is 1. The third-order valence-corrected chi connectivity index (χ3v) is 6.00. The molecule has 0 radical (unpaired) electrons. The molecule has 1 N–H and O–H groups in total. The Labute approximate surface area is 179 Å². The predicted octanol–water partition coefficient (Wildman–Crippen LogP) is 3.30. The van der Waals surface area contributed by atoms with Crippen LogP contribution in [0.25, 0.3) is 0 Å². The summed E-state index contributed by atoms with van der Waals surface area (Å²) in [4.78, 5) is 7.39. The molecular formula is C24H44N4O. The summed E-state index contributed by atoms with van der Waals surface area (Å²) < 4.78 is 5.74. The molecule has 0 amide bonds.